The molecule has 5 rings (SSSR count). The van der Waals surface area contributed by atoms with Crippen LogP contribution in [-0.4, -0.2) is 67.3 Å². The number of methoxy groups -OCH3 is 2. The van der Waals surface area contributed by atoms with Crippen molar-refractivity contribution >= 4 is 40.5 Å². The molecule has 4 heterocycles. The first-order valence-corrected chi connectivity index (χ1v) is 13.1. The molecular formula is C26H25F4N5O4S. The van der Waals surface area contributed by atoms with E-state index >= 15 is 0 Å². The van der Waals surface area contributed by atoms with Gasteiger partial charge < -0.3 is 29.3 Å². The zero-order valence-corrected chi connectivity index (χ0v) is 22.3. The van der Waals surface area contributed by atoms with Gasteiger partial charge >= 0.3 is 12.1 Å². The van der Waals surface area contributed by atoms with Gasteiger partial charge in [-0.3, -0.25) is 4.79 Å². The molecule has 14 heteroatoms. The van der Waals surface area contributed by atoms with Crippen LogP contribution in [0.1, 0.15) is 23.6 Å². The van der Waals surface area contributed by atoms with Crippen LogP contribution in [0.4, 0.5) is 34.8 Å². The maximum Gasteiger partial charge on any atom is 0.416 e. The summed E-state index contributed by atoms with van der Waals surface area (Å²) in [6, 6.07) is 7.34. The molecule has 1 N–H and O–H groups in total. The van der Waals surface area contributed by atoms with Crippen LogP contribution in [0.5, 0.6) is 11.6 Å². The molecule has 2 aliphatic rings. The van der Waals surface area contributed by atoms with Crippen molar-refractivity contribution in [3.8, 4) is 11.6 Å². The lowest BCUT2D eigenvalue weighted by Gasteiger charge is -2.44. The summed E-state index contributed by atoms with van der Waals surface area (Å²) in [5, 5.41) is 10.6. The van der Waals surface area contributed by atoms with Gasteiger partial charge in [-0.1, -0.05) is 6.07 Å². The van der Waals surface area contributed by atoms with E-state index in [0.29, 0.717) is 37.9 Å². The summed E-state index contributed by atoms with van der Waals surface area (Å²) in [5.74, 6) is 0.183. The number of piperazine rings is 1. The van der Waals surface area contributed by atoms with E-state index in [1.54, 1.807) is 6.07 Å². The molecule has 9 nitrogen and oxygen atoms in total. The summed E-state index contributed by atoms with van der Waals surface area (Å²) in [4.78, 5) is 26.2. The summed E-state index contributed by atoms with van der Waals surface area (Å²) >= 11 is 0.764. The topological polar surface area (TPSA) is 90.7 Å². The Kier molecular flexibility index (Phi) is 7.45. The molecule has 0 spiro atoms. The Hall–Kier alpha value is -4.07. The number of aliphatic imine (C=N–C) groups is 1. The Labute approximate surface area is 230 Å². The third-order valence-electron chi connectivity index (χ3n) is 6.79. The number of fused-ring (bicyclic) bond motifs is 1. The van der Waals surface area contributed by atoms with E-state index in [1.807, 2.05) is 21.9 Å². The van der Waals surface area contributed by atoms with Crippen molar-refractivity contribution in [1.29, 1.82) is 0 Å². The van der Waals surface area contributed by atoms with Gasteiger partial charge in [0.05, 0.1) is 37.9 Å². The summed E-state index contributed by atoms with van der Waals surface area (Å²) in [7, 11) is 2.84. The zero-order valence-electron chi connectivity index (χ0n) is 21.5. The second-order valence-corrected chi connectivity index (χ2v) is 9.94. The number of thiophene rings is 1. The minimum atomic E-state index is -4.66. The number of aliphatic carboxylic acids is 1. The normalized spacial score (nSPS) is 17.4. The lowest BCUT2D eigenvalue weighted by atomic mass is 10.00. The van der Waals surface area contributed by atoms with Crippen molar-refractivity contribution in [1.82, 2.24) is 9.88 Å². The molecule has 1 fully saturated rings. The molecule has 212 valence electrons. The fraction of sp³-hybridized carbons (Fsp3) is 0.346. The van der Waals surface area contributed by atoms with Gasteiger partial charge in [-0.15, -0.1) is 11.3 Å². The van der Waals surface area contributed by atoms with Crippen LogP contribution in [0.15, 0.2) is 46.8 Å². The first-order chi connectivity index (χ1) is 19.1. The molecule has 40 heavy (non-hydrogen) atoms. The number of rotatable bonds is 6. The number of carboxylic acid groups (broad SMARTS) is 1. The molecule has 1 atom stereocenters. The quantitative estimate of drug-likeness (QED) is 0.401. The van der Waals surface area contributed by atoms with Crippen molar-refractivity contribution in [2.75, 3.05) is 50.2 Å². The minimum Gasteiger partial charge on any atom is -0.495 e. The number of alkyl halides is 3. The van der Waals surface area contributed by atoms with Crippen LogP contribution in [-0.2, 0) is 11.0 Å². The van der Waals surface area contributed by atoms with E-state index < -0.39 is 35.3 Å². The van der Waals surface area contributed by atoms with Gasteiger partial charge in [0, 0.05) is 43.2 Å². The van der Waals surface area contributed by atoms with Crippen molar-refractivity contribution in [2.24, 2.45) is 4.99 Å². The maximum atomic E-state index is 14.9. The highest BCUT2D eigenvalue weighted by Gasteiger charge is 2.41. The van der Waals surface area contributed by atoms with Crippen LogP contribution in [0, 0.1) is 5.13 Å². The third-order valence-corrected chi connectivity index (χ3v) is 7.56. The number of aromatic nitrogens is 1. The maximum absolute atomic E-state index is 14.9. The highest BCUT2D eigenvalue weighted by atomic mass is 32.1. The van der Waals surface area contributed by atoms with E-state index in [4.69, 9.17) is 9.47 Å². The first kappa shape index (κ1) is 27.5. The Morgan fingerprint density at radius 3 is 2.48 bits per heavy atom. The molecule has 0 bridgehead atoms. The van der Waals surface area contributed by atoms with E-state index in [2.05, 4.69) is 9.98 Å². The van der Waals surface area contributed by atoms with Crippen LogP contribution in [0.3, 0.4) is 0 Å². The molecule has 3 aromatic rings. The fourth-order valence-electron chi connectivity index (χ4n) is 4.87. The number of pyridine rings is 1. The van der Waals surface area contributed by atoms with Gasteiger partial charge in [-0.05, 0) is 24.3 Å². The molecule has 0 amide bonds. The third kappa shape index (κ3) is 5.22. The molecular weight excluding hydrogens is 554 g/mol. The lowest BCUT2D eigenvalue weighted by Crippen LogP contribution is -2.55. The Morgan fingerprint density at radius 2 is 1.82 bits per heavy atom. The summed E-state index contributed by atoms with van der Waals surface area (Å²) in [6.07, 6.45) is -5.17. The van der Waals surface area contributed by atoms with Crippen LogP contribution < -0.4 is 19.3 Å². The number of carboxylic acids is 1. The minimum absolute atomic E-state index is 0.00895. The number of guanidine groups is 1. The molecule has 2 aliphatic heterocycles. The molecule has 2 aromatic heterocycles. The molecule has 0 unspecified atom stereocenters. The number of hydrogen-bond donors (Lipinski definition) is 1. The fourth-order valence-corrected chi connectivity index (χ4v) is 5.64. The Morgan fingerprint density at radius 1 is 1.10 bits per heavy atom. The summed E-state index contributed by atoms with van der Waals surface area (Å²) in [5.41, 5.74) is -0.679. The van der Waals surface area contributed by atoms with Gasteiger partial charge in [0.1, 0.15) is 17.3 Å². The van der Waals surface area contributed by atoms with Crippen LogP contribution in [0.2, 0.25) is 0 Å². The smallest absolute Gasteiger partial charge is 0.416 e. The van der Waals surface area contributed by atoms with E-state index in [9.17, 15) is 27.5 Å². The number of nitrogens with zero attached hydrogens (tertiary/aromatic N) is 5. The lowest BCUT2D eigenvalue weighted by molar-refractivity contribution is -0.138. The average Bonchev–Trinajstić information content (AvgIpc) is 3.32. The van der Waals surface area contributed by atoms with Crippen molar-refractivity contribution in [3.63, 3.8) is 0 Å². The van der Waals surface area contributed by atoms with Crippen molar-refractivity contribution in [3.05, 3.63) is 58.0 Å². The summed E-state index contributed by atoms with van der Waals surface area (Å²) < 4.78 is 66.8. The van der Waals surface area contributed by atoms with Gasteiger partial charge in [0.15, 0.2) is 0 Å². The summed E-state index contributed by atoms with van der Waals surface area (Å²) in [6.45, 7) is 1.65. The average molecular weight is 580 g/mol. The van der Waals surface area contributed by atoms with Crippen LogP contribution in [0.25, 0.3) is 0 Å². The highest BCUT2D eigenvalue weighted by Crippen LogP contribution is 2.47. The zero-order chi connectivity index (χ0) is 28.6. The predicted molar refractivity (Wildman–Crippen MR) is 141 cm³/mol. The first-order valence-electron chi connectivity index (χ1n) is 12.2. The second kappa shape index (κ2) is 10.8. The molecule has 1 saturated heterocycles. The monoisotopic (exact) mass is 579 g/mol. The van der Waals surface area contributed by atoms with Gasteiger partial charge in [-0.25, -0.2) is 4.99 Å². The van der Waals surface area contributed by atoms with Gasteiger partial charge in [0.25, 0.3) is 0 Å². The largest absolute Gasteiger partial charge is 0.495 e. The Bertz CT molecular complexity index is 1440. The van der Waals surface area contributed by atoms with Gasteiger partial charge in [-0.2, -0.15) is 22.5 Å². The molecule has 0 aliphatic carbocycles. The van der Waals surface area contributed by atoms with Gasteiger partial charge in [0.2, 0.25) is 17.0 Å². The van der Waals surface area contributed by atoms with Crippen molar-refractivity contribution in [2.45, 2.75) is 18.6 Å². The number of hydrogen-bond acceptors (Lipinski definition) is 9. The number of halogens is 4. The molecule has 0 radical (unpaired) electrons. The molecule has 1 aromatic carbocycles. The highest BCUT2D eigenvalue weighted by molar-refractivity contribution is 7.08. The number of carbonyl (C=O) groups is 1. The number of anilines is 2. The van der Waals surface area contributed by atoms with Crippen molar-refractivity contribution < 1.29 is 36.9 Å². The number of ether oxygens (including phenoxy) is 2. The van der Waals surface area contributed by atoms with E-state index in [1.165, 1.54) is 30.6 Å². The SMILES string of the molecule is COc1cccc(N2CCN(C3=Nc4c(csc4F)[C@@H](CC(=O)O)N3c3cc(C(F)(F)F)ccc3OC)CC2)n1. The molecule has 0 saturated carbocycles. The Balaban J connectivity index is 1.58. The number of benzene rings is 1. The second-order valence-electron chi connectivity index (χ2n) is 9.11. The standard InChI is InChI=1S/C26H25F4N5O4S/c1-38-19-7-6-15(26(28,29)30)12-18(19)35-17(13-22(36)37)16-14-40-24(27)23(16)32-25(35)34-10-8-33(9-11-34)20-4-3-5-21(31-20)39-2/h3-7,12,14,17H,8-11,13H2,1-2H3,(H,36,37)/t17-/m1/s1. The van der Waals surface area contributed by atoms with E-state index in [0.717, 1.165) is 23.5 Å². The van der Waals surface area contributed by atoms with Crippen LogP contribution >= 0.6 is 11.3 Å². The van der Waals surface area contributed by atoms with E-state index in [-0.39, 0.29) is 28.6 Å². The predicted octanol–water partition coefficient (Wildman–Crippen LogP) is 5.16.